The van der Waals surface area contributed by atoms with Crippen molar-refractivity contribution in [2.75, 3.05) is 61.1 Å². The third-order valence-corrected chi connectivity index (χ3v) is 6.98. The maximum atomic E-state index is 13.5. The van der Waals surface area contributed by atoms with E-state index in [4.69, 9.17) is 4.74 Å². The molecule has 4 aromatic rings. The molecule has 10 nitrogen and oxygen atoms in total. The molecular weight excluding hydrogens is 561 g/mol. The number of hydrogen-bond donors (Lipinski definition) is 3. The zero-order chi connectivity index (χ0) is 30.6. The number of halogens is 3. The quantitative estimate of drug-likeness (QED) is 0.237. The summed E-state index contributed by atoms with van der Waals surface area (Å²) in [5.41, 5.74) is 2.21. The number of likely N-dealkylation sites (N-methyl/N-ethyl adjacent to an activating group) is 1. The van der Waals surface area contributed by atoms with Crippen LogP contribution in [0, 0.1) is 6.92 Å². The number of carbonyl (C=O) groups excluding carboxylic acids is 1. The monoisotopic (exact) mass is 592 g/mol. The zero-order valence-electron chi connectivity index (χ0n) is 23.9. The number of nitrogens with one attached hydrogen (secondary N) is 3. The molecule has 0 spiro atoms. The zero-order valence-corrected chi connectivity index (χ0v) is 23.9. The predicted molar refractivity (Wildman–Crippen MR) is 160 cm³/mol. The molecular formula is C30H31F3N8O2. The number of aryl methyl sites for hydroxylation is 1. The summed E-state index contributed by atoms with van der Waals surface area (Å²) in [6.07, 6.45) is -1.30. The van der Waals surface area contributed by atoms with Crippen molar-refractivity contribution < 1.29 is 22.7 Å². The Hall–Kier alpha value is -4.91. The molecule has 13 heteroatoms. The molecule has 1 fully saturated rings. The van der Waals surface area contributed by atoms with E-state index < -0.39 is 17.8 Å². The van der Waals surface area contributed by atoms with Crippen molar-refractivity contribution in [3.63, 3.8) is 0 Å². The topological polar surface area (TPSA) is 108 Å². The third kappa shape index (κ3) is 7.12. The molecule has 0 atom stereocenters. The standard InChI is InChI=1S/C30H31F3N8O2/c1-19-17-21(7-9-26(19)43-27-22(5-4-11-35-27)23-10-12-36-28(34-2)38-23)37-29(42)39-24-18-20(30(31,32)33)6-8-25(24)41-15-13-40(3)14-16-41/h4-12,17-18H,13-16H2,1-3H3,(H,34,36,38)(H2,37,39,42). The Labute approximate surface area is 246 Å². The van der Waals surface area contributed by atoms with Gasteiger partial charge in [0.15, 0.2) is 0 Å². The number of benzene rings is 2. The summed E-state index contributed by atoms with van der Waals surface area (Å²) in [7, 11) is 3.72. The van der Waals surface area contributed by atoms with Gasteiger partial charge in [0.1, 0.15) is 5.75 Å². The van der Waals surface area contributed by atoms with Crippen LogP contribution in [0.1, 0.15) is 11.1 Å². The van der Waals surface area contributed by atoms with Crippen LogP contribution in [0.4, 0.5) is 41.0 Å². The van der Waals surface area contributed by atoms with Gasteiger partial charge in [0.2, 0.25) is 11.8 Å². The summed E-state index contributed by atoms with van der Waals surface area (Å²) < 4.78 is 46.6. The Morgan fingerprint density at radius 3 is 2.47 bits per heavy atom. The minimum absolute atomic E-state index is 0.0855. The van der Waals surface area contributed by atoms with Crippen molar-refractivity contribution in [3.05, 3.63) is 78.1 Å². The second kappa shape index (κ2) is 12.5. The molecule has 2 aromatic carbocycles. The lowest BCUT2D eigenvalue weighted by molar-refractivity contribution is -0.137. The summed E-state index contributed by atoms with van der Waals surface area (Å²) in [4.78, 5) is 30.1. The predicted octanol–water partition coefficient (Wildman–Crippen LogP) is 6.10. The van der Waals surface area contributed by atoms with Crippen LogP contribution in [0.25, 0.3) is 11.3 Å². The number of anilines is 4. The molecule has 2 amide bonds. The number of urea groups is 1. The second-order valence-corrected chi connectivity index (χ2v) is 10.1. The summed E-state index contributed by atoms with van der Waals surface area (Å²) in [5, 5.41) is 8.25. The Balaban J connectivity index is 1.32. The number of aromatic nitrogens is 3. The number of piperazine rings is 1. The van der Waals surface area contributed by atoms with Crippen LogP contribution in [0.3, 0.4) is 0 Å². The summed E-state index contributed by atoms with van der Waals surface area (Å²) in [6.45, 7) is 4.59. The van der Waals surface area contributed by atoms with Crippen molar-refractivity contribution >= 4 is 29.0 Å². The van der Waals surface area contributed by atoms with Crippen LogP contribution in [-0.4, -0.2) is 66.2 Å². The summed E-state index contributed by atoms with van der Waals surface area (Å²) >= 11 is 0. The van der Waals surface area contributed by atoms with Gasteiger partial charge in [-0.05, 0) is 74.1 Å². The van der Waals surface area contributed by atoms with Gasteiger partial charge in [0.25, 0.3) is 0 Å². The van der Waals surface area contributed by atoms with Crippen LogP contribution in [0.2, 0.25) is 0 Å². The number of carbonyl (C=O) groups is 1. The van der Waals surface area contributed by atoms with Gasteiger partial charge >= 0.3 is 12.2 Å². The Morgan fingerprint density at radius 1 is 0.953 bits per heavy atom. The fourth-order valence-electron chi connectivity index (χ4n) is 4.66. The van der Waals surface area contributed by atoms with E-state index in [1.54, 1.807) is 49.8 Å². The molecule has 3 heterocycles. The number of ether oxygens (including phenoxy) is 1. The van der Waals surface area contributed by atoms with Gasteiger partial charge in [-0.1, -0.05) is 0 Å². The van der Waals surface area contributed by atoms with E-state index in [0.717, 1.165) is 25.2 Å². The molecule has 3 N–H and O–H groups in total. The van der Waals surface area contributed by atoms with Crippen molar-refractivity contribution in [3.8, 4) is 22.9 Å². The highest BCUT2D eigenvalue weighted by atomic mass is 19.4. The summed E-state index contributed by atoms with van der Waals surface area (Å²) in [6, 6.07) is 13.1. The van der Waals surface area contributed by atoms with Crippen molar-refractivity contribution in [2.45, 2.75) is 13.1 Å². The first-order valence-corrected chi connectivity index (χ1v) is 13.6. The molecule has 0 bridgehead atoms. The van der Waals surface area contributed by atoms with E-state index in [1.165, 1.54) is 6.07 Å². The lowest BCUT2D eigenvalue weighted by atomic mass is 10.1. The largest absolute Gasteiger partial charge is 0.438 e. The third-order valence-electron chi connectivity index (χ3n) is 6.98. The lowest BCUT2D eigenvalue weighted by Gasteiger charge is -2.35. The Bertz CT molecular complexity index is 1610. The van der Waals surface area contributed by atoms with Crippen LogP contribution in [0.5, 0.6) is 11.6 Å². The highest BCUT2D eigenvalue weighted by molar-refractivity contribution is 6.02. The second-order valence-electron chi connectivity index (χ2n) is 10.1. The van der Waals surface area contributed by atoms with Crippen LogP contribution in [-0.2, 0) is 6.18 Å². The first-order chi connectivity index (χ1) is 20.6. The number of hydrogen-bond acceptors (Lipinski definition) is 8. The van der Waals surface area contributed by atoms with Crippen LogP contribution >= 0.6 is 0 Å². The molecule has 0 radical (unpaired) electrons. The minimum atomic E-state index is -4.55. The Kier molecular flexibility index (Phi) is 8.62. The van der Waals surface area contributed by atoms with Gasteiger partial charge in [-0.15, -0.1) is 0 Å². The molecule has 0 aliphatic carbocycles. The average Bonchev–Trinajstić information content (AvgIpc) is 2.99. The fraction of sp³-hybridized carbons (Fsp3) is 0.267. The van der Waals surface area contributed by atoms with Crippen LogP contribution in [0.15, 0.2) is 67.0 Å². The van der Waals surface area contributed by atoms with Gasteiger partial charge in [0, 0.05) is 51.3 Å². The Morgan fingerprint density at radius 2 is 1.74 bits per heavy atom. The van der Waals surface area contributed by atoms with Crippen LogP contribution < -0.4 is 25.6 Å². The normalized spacial score (nSPS) is 13.9. The molecule has 224 valence electrons. The molecule has 1 saturated heterocycles. The van der Waals surface area contributed by atoms with Gasteiger partial charge in [-0.2, -0.15) is 13.2 Å². The van der Waals surface area contributed by atoms with E-state index in [9.17, 15) is 18.0 Å². The van der Waals surface area contributed by atoms with E-state index in [2.05, 4.69) is 35.8 Å². The molecule has 5 rings (SSSR count). The fourth-order valence-corrected chi connectivity index (χ4v) is 4.66. The van der Waals surface area contributed by atoms with E-state index in [1.807, 2.05) is 24.9 Å². The molecule has 0 saturated carbocycles. The number of rotatable bonds is 7. The highest BCUT2D eigenvalue weighted by Crippen LogP contribution is 2.36. The SMILES string of the molecule is CNc1nccc(-c2cccnc2Oc2ccc(NC(=O)Nc3cc(C(F)(F)F)ccc3N3CCN(C)CC3)cc2C)n1. The minimum Gasteiger partial charge on any atom is -0.438 e. The number of alkyl halides is 3. The maximum Gasteiger partial charge on any atom is 0.416 e. The first kappa shape index (κ1) is 29.6. The lowest BCUT2D eigenvalue weighted by Crippen LogP contribution is -2.44. The smallest absolute Gasteiger partial charge is 0.416 e. The van der Waals surface area contributed by atoms with Crippen molar-refractivity contribution in [1.29, 1.82) is 0 Å². The van der Waals surface area contributed by atoms with Gasteiger partial charge in [-0.25, -0.2) is 19.7 Å². The van der Waals surface area contributed by atoms with E-state index >= 15 is 0 Å². The molecule has 43 heavy (non-hydrogen) atoms. The molecule has 2 aromatic heterocycles. The van der Waals surface area contributed by atoms with E-state index in [0.29, 0.717) is 58.9 Å². The molecule has 1 aliphatic rings. The summed E-state index contributed by atoms with van der Waals surface area (Å²) in [5.74, 6) is 1.30. The highest BCUT2D eigenvalue weighted by Gasteiger charge is 2.32. The van der Waals surface area contributed by atoms with Gasteiger partial charge < -0.3 is 30.5 Å². The molecule has 0 unspecified atom stereocenters. The van der Waals surface area contributed by atoms with E-state index in [-0.39, 0.29) is 5.69 Å². The number of amides is 2. The van der Waals surface area contributed by atoms with Crippen molar-refractivity contribution in [2.24, 2.45) is 0 Å². The van der Waals surface area contributed by atoms with Crippen molar-refractivity contribution in [1.82, 2.24) is 19.9 Å². The average molecular weight is 593 g/mol. The number of pyridine rings is 1. The van der Waals surface area contributed by atoms with Gasteiger partial charge in [0.05, 0.1) is 28.2 Å². The first-order valence-electron chi connectivity index (χ1n) is 13.6. The maximum absolute atomic E-state index is 13.5. The van der Waals surface area contributed by atoms with Gasteiger partial charge in [-0.3, -0.25) is 0 Å². The number of nitrogens with zero attached hydrogens (tertiary/aromatic N) is 5. The molecule has 1 aliphatic heterocycles.